The predicted octanol–water partition coefficient (Wildman–Crippen LogP) is 5.47. The average molecular weight is 485 g/mol. The number of thioether (sulfide) groups is 1. The smallest absolute Gasteiger partial charge is 0.247 e. The number of hydrogen-bond donors (Lipinski definition) is 0. The zero-order chi connectivity index (χ0) is 21.4. The number of aromatic nitrogens is 3. The number of carbonyl (C=O) groups excluding carboxylic acids is 1. The van der Waals surface area contributed by atoms with Crippen molar-refractivity contribution in [3.63, 3.8) is 0 Å². The summed E-state index contributed by atoms with van der Waals surface area (Å²) in [6.45, 7) is 7.59. The molecule has 1 aliphatic heterocycles. The molecule has 1 amide bonds. The van der Waals surface area contributed by atoms with Crippen molar-refractivity contribution in [2.75, 3.05) is 10.7 Å². The highest BCUT2D eigenvalue weighted by molar-refractivity contribution is 9.10. The van der Waals surface area contributed by atoms with Crippen LogP contribution in [0.2, 0.25) is 0 Å². The number of halogens is 1. The van der Waals surface area contributed by atoms with Crippen molar-refractivity contribution in [2.45, 2.75) is 39.1 Å². The Morgan fingerprint density at radius 3 is 2.73 bits per heavy atom. The number of nitrogens with zero attached hydrogens (tertiary/aromatic N) is 4. The van der Waals surface area contributed by atoms with E-state index in [-0.39, 0.29) is 5.91 Å². The number of carbonyl (C=O) groups is 1. The van der Waals surface area contributed by atoms with Crippen LogP contribution < -0.4 is 9.64 Å². The molecule has 1 aromatic heterocycles. The molecular weight excluding hydrogens is 464 g/mol. The largest absolute Gasteiger partial charge is 0.447 e. The van der Waals surface area contributed by atoms with Crippen molar-refractivity contribution < 1.29 is 9.53 Å². The Morgan fingerprint density at radius 2 is 2.03 bits per heavy atom. The molecule has 0 bridgehead atoms. The van der Waals surface area contributed by atoms with E-state index in [1.807, 2.05) is 51.1 Å². The molecule has 2 heterocycles. The zero-order valence-electron chi connectivity index (χ0n) is 17.1. The molecule has 0 unspecified atom stereocenters. The second-order valence-electron chi connectivity index (χ2n) is 7.07. The molecule has 0 fully saturated rings. The zero-order valence-corrected chi connectivity index (χ0v) is 19.5. The lowest BCUT2D eigenvalue weighted by molar-refractivity contribution is -0.118. The van der Waals surface area contributed by atoms with Crippen LogP contribution in [0.5, 0.6) is 5.88 Å². The van der Waals surface area contributed by atoms with Crippen LogP contribution in [-0.4, -0.2) is 26.8 Å². The van der Waals surface area contributed by atoms with Gasteiger partial charge in [-0.3, -0.25) is 9.69 Å². The summed E-state index contributed by atoms with van der Waals surface area (Å²) in [6.07, 6.45) is -0.683. The minimum Gasteiger partial charge on any atom is -0.447 e. The number of rotatable bonds is 3. The lowest BCUT2D eigenvalue weighted by Crippen LogP contribution is -2.36. The van der Waals surface area contributed by atoms with Gasteiger partial charge < -0.3 is 4.74 Å². The van der Waals surface area contributed by atoms with E-state index in [0.717, 1.165) is 38.2 Å². The van der Waals surface area contributed by atoms with Crippen LogP contribution in [0.1, 0.15) is 36.8 Å². The van der Waals surface area contributed by atoms with Gasteiger partial charge in [0.15, 0.2) is 5.69 Å². The Labute approximate surface area is 188 Å². The molecule has 0 aliphatic carbocycles. The Balaban J connectivity index is 2.02. The second kappa shape index (κ2) is 8.35. The highest BCUT2D eigenvalue weighted by atomic mass is 79.9. The first kappa shape index (κ1) is 20.8. The van der Waals surface area contributed by atoms with Crippen molar-refractivity contribution in [1.29, 1.82) is 0 Å². The molecule has 0 radical (unpaired) electrons. The van der Waals surface area contributed by atoms with E-state index in [0.29, 0.717) is 16.7 Å². The van der Waals surface area contributed by atoms with Gasteiger partial charge in [0.1, 0.15) is 0 Å². The molecular formula is C22H21BrN4O2S. The molecule has 0 spiro atoms. The number of benzene rings is 2. The minimum absolute atomic E-state index is 0.128. The fraction of sp³-hybridized carbons (Fsp3) is 0.273. The van der Waals surface area contributed by atoms with Gasteiger partial charge in [-0.25, -0.2) is 0 Å². The van der Waals surface area contributed by atoms with Crippen LogP contribution in [-0.2, 0) is 4.79 Å². The molecule has 154 valence electrons. The van der Waals surface area contributed by atoms with E-state index in [9.17, 15) is 4.79 Å². The number of ether oxygens (including phenoxy) is 1. The third-order valence-electron chi connectivity index (χ3n) is 4.78. The third-order valence-corrected chi connectivity index (χ3v) is 5.99. The van der Waals surface area contributed by atoms with Gasteiger partial charge in [-0.05, 0) is 43.4 Å². The van der Waals surface area contributed by atoms with Crippen molar-refractivity contribution in [1.82, 2.24) is 15.2 Å². The van der Waals surface area contributed by atoms with E-state index < -0.39 is 6.23 Å². The predicted molar refractivity (Wildman–Crippen MR) is 122 cm³/mol. The normalized spacial score (nSPS) is 15.1. The summed E-state index contributed by atoms with van der Waals surface area (Å²) >= 11 is 5.02. The van der Waals surface area contributed by atoms with E-state index in [2.05, 4.69) is 37.2 Å². The molecule has 4 rings (SSSR count). The Bertz CT molecular complexity index is 1140. The number of amides is 1. The van der Waals surface area contributed by atoms with Gasteiger partial charge >= 0.3 is 0 Å². The molecule has 6 nitrogen and oxygen atoms in total. The number of fused-ring (bicyclic) bond motifs is 3. The highest BCUT2D eigenvalue weighted by Crippen LogP contribution is 2.45. The maximum Gasteiger partial charge on any atom is 0.247 e. The molecule has 3 aromatic rings. The fourth-order valence-corrected chi connectivity index (χ4v) is 4.60. The van der Waals surface area contributed by atoms with Crippen molar-refractivity contribution in [3.8, 4) is 17.1 Å². The van der Waals surface area contributed by atoms with Crippen LogP contribution in [0.15, 0.2) is 46.0 Å². The summed E-state index contributed by atoms with van der Waals surface area (Å²) in [7, 11) is 0. The molecule has 30 heavy (non-hydrogen) atoms. The van der Waals surface area contributed by atoms with Crippen molar-refractivity contribution in [2.24, 2.45) is 0 Å². The number of aryl methyl sites for hydroxylation is 2. The van der Waals surface area contributed by atoms with E-state index in [1.54, 1.807) is 11.8 Å². The maximum atomic E-state index is 12.9. The van der Waals surface area contributed by atoms with E-state index in [4.69, 9.17) is 4.74 Å². The summed E-state index contributed by atoms with van der Waals surface area (Å²) < 4.78 is 7.30. The summed E-state index contributed by atoms with van der Waals surface area (Å²) in [5.74, 6) is 1.07. The standard InChI is InChI=1S/C22H21BrN4O2S/c1-5-30-22-24-20-18(25-26-22)17-10-12(2)9-13(3)19(17)27(14(4)28)21(29-20)15-7-6-8-16(23)11-15/h6-11,21H,5H2,1-4H3/t21-/m1/s1. The Kier molecular flexibility index (Phi) is 5.79. The van der Waals surface area contributed by atoms with Gasteiger partial charge in [0.25, 0.3) is 0 Å². The second-order valence-corrected chi connectivity index (χ2v) is 9.22. The SMILES string of the molecule is CCSc1nnc2c(n1)O[C@H](c1cccc(Br)c1)N(C(C)=O)c1c(C)cc(C)cc1-2. The van der Waals surface area contributed by atoms with E-state index >= 15 is 0 Å². The Hall–Kier alpha value is -2.45. The number of anilines is 1. The van der Waals surface area contributed by atoms with Crippen LogP contribution in [0.3, 0.4) is 0 Å². The monoisotopic (exact) mass is 484 g/mol. The first-order chi connectivity index (χ1) is 14.4. The first-order valence-corrected chi connectivity index (χ1v) is 11.4. The average Bonchev–Trinajstić information content (AvgIpc) is 2.83. The van der Waals surface area contributed by atoms with Gasteiger partial charge in [0, 0.05) is 22.5 Å². The minimum atomic E-state index is -0.683. The molecule has 0 saturated carbocycles. The molecule has 0 N–H and O–H groups in total. The Morgan fingerprint density at radius 1 is 1.23 bits per heavy atom. The van der Waals surface area contributed by atoms with Crippen molar-refractivity contribution in [3.05, 3.63) is 57.6 Å². The maximum absolute atomic E-state index is 12.9. The number of hydrogen-bond acceptors (Lipinski definition) is 6. The lowest BCUT2D eigenvalue weighted by atomic mass is 10.00. The van der Waals surface area contributed by atoms with Crippen molar-refractivity contribution >= 4 is 39.3 Å². The van der Waals surface area contributed by atoms with Crippen LogP contribution in [0, 0.1) is 13.8 Å². The van der Waals surface area contributed by atoms with Crippen LogP contribution in [0.25, 0.3) is 11.3 Å². The summed E-state index contributed by atoms with van der Waals surface area (Å²) in [5.41, 5.74) is 4.97. The van der Waals surface area contributed by atoms with E-state index in [1.165, 1.54) is 11.8 Å². The van der Waals surface area contributed by atoms with Gasteiger partial charge in [-0.2, -0.15) is 4.98 Å². The fourth-order valence-electron chi connectivity index (χ4n) is 3.68. The van der Waals surface area contributed by atoms with Gasteiger partial charge in [-0.15, -0.1) is 10.2 Å². The van der Waals surface area contributed by atoms with Gasteiger partial charge in [0.2, 0.25) is 23.2 Å². The topological polar surface area (TPSA) is 68.2 Å². The van der Waals surface area contributed by atoms with Crippen LogP contribution in [0.4, 0.5) is 5.69 Å². The highest BCUT2D eigenvalue weighted by Gasteiger charge is 2.35. The summed E-state index contributed by atoms with van der Waals surface area (Å²) in [4.78, 5) is 19.2. The summed E-state index contributed by atoms with van der Waals surface area (Å²) in [6, 6.07) is 11.8. The summed E-state index contributed by atoms with van der Waals surface area (Å²) in [5, 5.41) is 9.28. The first-order valence-electron chi connectivity index (χ1n) is 9.60. The lowest BCUT2D eigenvalue weighted by Gasteiger charge is -2.31. The van der Waals surface area contributed by atoms with Gasteiger partial charge in [0.05, 0.1) is 5.69 Å². The van der Waals surface area contributed by atoms with Gasteiger partial charge in [-0.1, -0.05) is 58.4 Å². The molecule has 1 aliphatic rings. The molecule has 0 saturated heterocycles. The molecule has 2 aromatic carbocycles. The molecule has 8 heteroatoms. The quantitative estimate of drug-likeness (QED) is 0.458. The van der Waals surface area contributed by atoms with Crippen LogP contribution >= 0.6 is 27.7 Å². The molecule has 1 atom stereocenters. The third kappa shape index (κ3) is 3.81.